The van der Waals surface area contributed by atoms with E-state index in [2.05, 4.69) is 26.5 Å². The van der Waals surface area contributed by atoms with Crippen LogP contribution in [0.1, 0.15) is 23.6 Å². The van der Waals surface area contributed by atoms with Gasteiger partial charge in [0.2, 0.25) is 10.0 Å². The summed E-state index contributed by atoms with van der Waals surface area (Å²) in [7, 11) is -3.63. The lowest BCUT2D eigenvalue weighted by atomic mass is 10.1. The van der Waals surface area contributed by atoms with Crippen molar-refractivity contribution in [2.24, 2.45) is 5.10 Å². The molecule has 0 aliphatic rings. The van der Waals surface area contributed by atoms with E-state index < -0.39 is 15.9 Å². The Hall–Kier alpha value is -2.19. The van der Waals surface area contributed by atoms with Gasteiger partial charge in [-0.3, -0.25) is 9.10 Å². The van der Waals surface area contributed by atoms with Crippen LogP contribution in [0.3, 0.4) is 0 Å². The number of aryl methyl sites for hydroxylation is 2. The smallest absolute Gasteiger partial charge is 0.260 e. The van der Waals surface area contributed by atoms with E-state index >= 15 is 0 Å². The number of amides is 1. The zero-order chi connectivity index (χ0) is 20.2. The second kappa shape index (κ2) is 8.67. The SMILES string of the molecule is C/C(=N/NC(=O)CN(c1ccc(C)cc1C)S(C)(=O)=O)c1ccc(Br)cc1. The summed E-state index contributed by atoms with van der Waals surface area (Å²) in [5, 5.41) is 4.07. The van der Waals surface area contributed by atoms with Crippen LogP contribution in [0.25, 0.3) is 0 Å². The second-order valence-electron chi connectivity index (χ2n) is 6.30. The van der Waals surface area contributed by atoms with Crippen molar-refractivity contribution in [3.8, 4) is 0 Å². The summed E-state index contributed by atoms with van der Waals surface area (Å²) in [6.45, 7) is 5.16. The molecule has 0 bridgehead atoms. The number of nitrogens with one attached hydrogen (secondary N) is 1. The first-order valence-corrected chi connectivity index (χ1v) is 10.9. The third kappa shape index (κ3) is 5.90. The number of carbonyl (C=O) groups excluding carboxylic acids is 1. The van der Waals surface area contributed by atoms with Gasteiger partial charge in [-0.2, -0.15) is 5.10 Å². The standard InChI is InChI=1S/C19H22BrN3O3S/c1-13-5-10-18(14(2)11-13)23(27(4,25)26)12-19(24)22-21-15(3)16-6-8-17(20)9-7-16/h5-11H,12H2,1-4H3,(H,22,24)/b21-15-. The fourth-order valence-electron chi connectivity index (χ4n) is 2.53. The lowest BCUT2D eigenvalue weighted by Crippen LogP contribution is -2.39. The topological polar surface area (TPSA) is 78.8 Å². The third-order valence-corrected chi connectivity index (χ3v) is 5.57. The molecular weight excluding hydrogens is 430 g/mol. The highest BCUT2D eigenvalue weighted by atomic mass is 79.9. The largest absolute Gasteiger partial charge is 0.271 e. The van der Waals surface area contributed by atoms with Crippen LogP contribution in [0.5, 0.6) is 0 Å². The molecule has 8 heteroatoms. The Kier molecular flexibility index (Phi) is 6.78. The average Bonchev–Trinajstić information content (AvgIpc) is 2.58. The minimum Gasteiger partial charge on any atom is -0.271 e. The number of nitrogens with zero attached hydrogens (tertiary/aromatic N) is 2. The molecule has 144 valence electrons. The fourth-order valence-corrected chi connectivity index (χ4v) is 3.71. The van der Waals surface area contributed by atoms with Gasteiger partial charge in [0.05, 0.1) is 17.7 Å². The van der Waals surface area contributed by atoms with E-state index in [1.807, 2.05) is 50.2 Å². The summed E-state index contributed by atoms with van der Waals surface area (Å²) < 4.78 is 26.4. The first-order chi connectivity index (χ1) is 12.6. The molecule has 0 atom stereocenters. The predicted molar refractivity (Wildman–Crippen MR) is 113 cm³/mol. The van der Waals surface area contributed by atoms with E-state index in [1.54, 1.807) is 13.0 Å². The number of carbonyl (C=O) groups is 1. The molecule has 1 N–H and O–H groups in total. The van der Waals surface area contributed by atoms with Crippen molar-refractivity contribution >= 4 is 43.3 Å². The lowest BCUT2D eigenvalue weighted by molar-refractivity contribution is -0.119. The quantitative estimate of drug-likeness (QED) is 0.539. The van der Waals surface area contributed by atoms with Crippen LogP contribution >= 0.6 is 15.9 Å². The molecule has 0 saturated carbocycles. The van der Waals surface area contributed by atoms with E-state index in [1.165, 1.54) is 0 Å². The molecule has 2 aromatic rings. The molecule has 0 aliphatic heterocycles. The van der Waals surface area contributed by atoms with Gasteiger partial charge in [-0.05, 0) is 50.1 Å². The Labute approximate surface area is 168 Å². The van der Waals surface area contributed by atoms with Gasteiger partial charge in [0.1, 0.15) is 6.54 Å². The Morgan fingerprint density at radius 1 is 1.15 bits per heavy atom. The van der Waals surface area contributed by atoms with E-state index in [-0.39, 0.29) is 6.54 Å². The molecule has 2 aromatic carbocycles. The van der Waals surface area contributed by atoms with Crippen molar-refractivity contribution < 1.29 is 13.2 Å². The summed E-state index contributed by atoms with van der Waals surface area (Å²) in [5.74, 6) is -0.517. The molecule has 0 aliphatic carbocycles. The summed E-state index contributed by atoms with van der Waals surface area (Å²) in [5.41, 5.74) is 6.18. The van der Waals surface area contributed by atoms with Crippen LogP contribution in [0.2, 0.25) is 0 Å². The van der Waals surface area contributed by atoms with Crippen molar-refractivity contribution in [3.05, 3.63) is 63.6 Å². The fraction of sp³-hybridized carbons (Fsp3) is 0.263. The van der Waals surface area contributed by atoms with Crippen LogP contribution < -0.4 is 9.73 Å². The van der Waals surface area contributed by atoms with Crippen LogP contribution in [0.4, 0.5) is 5.69 Å². The summed E-state index contributed by atoms with van der Waals surface area (Å²) >= 11 is 3.36. The maximum absolute atomic E-state index is 12.3. The first kappa shape index (κ1) is 21.1. The molecule has 0 radical (unpaired) electrons. The van der Waals surface area contributed by atoms with Crippen molar-refractivity contribution in [2.75, 3.05) is 17.1 Å². The number of hydrogen-bond donors (Lipinski definition) is 1. The van der Waals surface area contributed by atoms with Gasteiger partial charge in [0.25, 0.3) is 5.91 Å². The summed E-state index contributed by atoms with van der Waals surface area (Å²) in [4.78, 5) is 12.3. The molecule has 27 heavy (non-hydrogen) atoms. The number of hydrogen-bond acceptors (Lipinski definition) is 4. The highest BCUT2D eigenvalue weighted by Crippen LogP contribution is 2.23. The maximum Gasteiger partial charge on any atom is 0.260 e. The minimum absolute atomic E-state index is 0.347. The van der Waals surface area contributed by atoms with Crippen LogP contribution in [-0.2, 0) is 14.8 Å². The minimum atomic E-state index is -3.63. The average molecular weight is 452 g/mol. The number of hydrazone groups is 1. The van der Waals surface area contributed by atoms with Crippen LogP contribution in [0.15, 0.2) is 52.0 Å². The Bertz CT molecular complexity index is 970. The second-order valence-corrected chi connectivity index (χ2v) is 9.12. The van der Waals surface area contributed by atoms with E-state index in [4.69, 9.17) is 0 Å². The highest BCUT2D eigenvalue weighted by Gasteiger charge is 2.22. The molecule has 0 spiro atoms. The first-order valence-electron chi connectivity index (χ1n) is 8.22. The zero-order valence-electron chi connectivity index (χ0n) is 15.7. The number of benzene rings is 2. The maximum atomic E-state index is 12.3. The molecule has 0 fully saturated rings. The number of rotatable bonds is 6. The molecule has 6 nitrogen and oxygen atoms in total. The molecule has 0 heterocycles. The van der Waals surface area contributed by atoms with E-state index in [0.29, 0.717) is 11.4 Å². The van der Waals surface area contributed by atoms with Gasteiger partial charge >= 0.3 is 0 Å². The molecule has 0 aromatic heterocycles. The Balaban J connectivity index is 2.17. The Morgan fingerprint density at radius 3 is 2.33 bits per heavy atom. The van der Waals surface area contributed by atoms with E-state index in [9.17, 15) is 13.2 Å². The van der Waals surface area contributed by atoms with Crippen molar-refractivity contribution in [3.63, 3.8) is 0 Å². The van der Waals surface area contributed by atoms with Crippen LogP contribution in [0, 0.1) is 13.8 Å². The van der Waals surface area contributed by atoms with E-state index in [0.717, 1.165) is 31.7 Å². The van der Waals surface area contributed by atoms with Gasteiger partial charge < -0.3 is 0 Å². The van der Waals surface area contributed by atoms with Crippen LogP contribution in [-0.4, -0.2) is 32.8 Å². The van der Waals surface area contributed by atoms with Crippen molar-refractivity contribution in [1.29, 1.82) is 0 Å². The molecule has 1 amide bonds. The normalized spacial score (nSPS) is 12.0. The molecular formula is C19H22BrN3O3S. The Morgan fingerprint density at radius 2 is 1.78 bits per heavy atom. The highest BCUT2D eigenvalue weighted by molar-refractivity contribution is 9.10. The van der Waals surface area contributed by atoms with Gasteiger partial charge in [0, 0.05) is 4.47 Å². The predicted octanol–water partition coefficient (Wildman–Crippen LogP) is 3.37. The monoisotopic (exact) mass is 451 g/mol. The van der Waals surface area contributed by atoms with Gasteiger partial charge in [-0.1, -0.05) is 45.8 Å². The number of anilines is 1. The van der Waals surface area contributed by atoms with Gasteiger partial charge in [-0.25, -0.2) is 13.8 Å². The summed E-state index contributed by atoms with van der Waals surface area (Å²) in [6.07, 6.45) is 1.08. The van der Waals surface area contributed by atoms with Gasteiger partial charge in [0.15, 0.2) is 0 Å². The molecule has 0 saturated heterocycles. The molecule has 2 rings (SSSR count). The molecule has 0 unspecified atom stereocenters. The zero-order valence-corrected chi connectivity index (χ0v) is 18.1. The van der Waals surface area contributed by atoms with Crippen molar-refractivity contribution in [2.45, 2.75) is 20.8 Å². The van der Waals surface area contributed by atoms with Gasteiger partial charge in [-0.15, -0.1) is 0 Å². The lowest BCUT2D eigenvalue weighted by Gasteiger charge is -2.23. The number of sulfonamides is 1. The third-order valence-electron chi connectivity index (χ3n) is 3.92. The summed E-state index contributed by atoms with van der Waals surface area (Å²) in [6, 6.07) is 12.9. The number of halogens is 1. The van der Waals surface area contributed by atoms with Crippen molar-refractivity contribution in [1.82, 2.24) is 5.43 Å².